The Balaban J connectivity index is 1.42. The number of benzene rings is 4. The molecule has 0 saturated heterocycles. The van der Waals surface area contributed by atoms with Gasteiger partial charge in [0.15, 0.2) is 5.82 Å². The van der Waals surface area contributed by atoms with Gasteiger partial charge < -0.3 is 15.0 Å². The number of ether oxygens (including phenoxy) is 1. The van der Waals surface area contributed by atoms with Crippen molar-refractivity contribution in [3.05, 3.63) is 108 Å². The van der Waals surface area contributed by atoms with Crippen molar-refractivity contribution < 1.29 is 4.74 Å². The fraction of sp³-hybridized carbons (Fsp3) is 0.147. The Labute approximate surface area is 237 Å². The van der Waals surface area contributed by atoms with Crippen molar-refractivity contribution in [3.8, 4) is 28.4 Å². The number of fused-ring (bicyclic) bond motifs is 3. The number of aromatic amines is 1. The van der Waals surface area contributed by atoms with Crippen LogP contribution < -0.4 is 10.1 Å². The lowest BCUT2D eigenvalue weighted by atomic mass is 9.99. The fourth-order valence-corrected chi connectivity index (χ4v) is 5.56. The molecule has 7 rings (SSSR count). The first-order valence-electron chi connectivity index (χ1n) is 13.8. The lowest BCUT2D eigenvalue weighted by Gasteiger charge is -2.10. The van der Waals surface area contributed by atoms with Crippen LogP contribution in [0, 0.1) is 0 Å². The largest absolute Gasteiger partial charge is 0.497 e. The maximum atomic E-state index is 5.36. The molecule has 2 N–H and O–H groups in total. The van der Waals surface area contributed by atoms with Crippen molar-refractivity contribution in [1.29, 1.82) is 0 Å². The minimum absolute atomic E-state index is 0.171. The van der Waals surface area contributed by atoms with Crippen LogP contribution in [0.5, 0.6) is 5.75 Å². The van der Waals surface area contributed by atoms with Gasteiger partial charge in [-0.1, -0.05) is 54.6 Å². The fourth-order valence-electron chi connectivity index (χ4n) is 5.56. The van der Waals surface area contributed by atoms with Gasteiger partial charge in [-0.3, -0.25) is 9.67 Å². The molecule has 0 bridgehead atoms. The maximum absolute atomic E-state index is 5.36. The lowest BCUT2D eigenvalue weighted by Crippen LogP contribution is -2.12. The molecule has 0 fully saturated rings. The van der Waals surface area contributed by atoms with Crippen LogP contribution >= 0.6 is 0 Å². The summed E-state index contributed by atoms with van der Waals surface area (Å²) in [5.41, 5.74) is 8.28. The number of rotatable bonds is 7. The summed E-state index contributed by atoms with van der Waals surface area (Å²) in [6, 6.07) is 29.5. The van der Waals surface area contributed by atoms with E-state index in [-0.39, 0.29) is 6.04 Å². The highest BCUT2D eigenvalue weighted by atomic mass is 16.5. The molecule has 1 unspecified atom stereocenters. The summed E-state index contributed by atoms with van der Waals surface area (Å²) in [5.74, 6) is 1.59. The number of hydrogen-bond acceptors (Lipinski definition) is 5. The van der Waals surface area contributed by atoms with E-state index >= 15 is 0 Å². The van der Waals surface area contributed by atoms with Gasteiger partial charge in [-0.05, 0) is 66.4 Å². The quantitative estimate of drug-likeness (QED) is 0.226. The number of methoxy groups -OCH3 is 1. The minimum Gasteiger partial charge on any atom is -0.497 e. The van der Waals surface area contributed by atoms with Crippen molar-refractivity contribution in [2.24, 2.45) is 0 Å². The molecule has 1 atom stereocenters. The standard InChI is InChI=1S/C34H30N6O/c1-21(35-2)26-9-6-10-30-32(26)38-34(37-30)33-28-17-23(29-19-36-18-24-7-4-5-8-27(24)29)13-16-31(28)40(39-33)20-22-11-14-25(41-3)15-12-22/h4-19,21,35H,20H2,1-3H3,(H,37,38). The van der Waals surface area contributed by atoms with Gasteiger partial charge in [-0.15, -0.1) is 0 Å². The zero-order chi connectivity index (χ0) is 27.9. The van der Waals surface area contributed by atoms with Crippen molar-refractivity contribution in [1.82, 2.24) is 30.0 Å². The molecule has 7 nitrogen and oxygen atoms in total. The molecule has 0 aliphatic heterocycles. The van der Waals surface area contributed by atoms with Gasteiger partial charge in [-0.25, -0.2) is 4.98 Å². The Morgan fingerprint density at radius 3 is 2.61 bits per heavy atom. The highest BCUT2D eigenvalue weighted by Crippen LogP contribution is 2.35. The first kappa shape index (κ1) is 25.0. The third-order valence-corrected chi connectivity index (χ3v) is 7.89. The van der Waals surface area contributed by atoms with E-state index in [0.29, 0.717) is 6.54 Å². The highest BCUT2D eigenvalue weighted by Gasteiger charge is 2.19. The van der Waals surface area contributed by atoms with Gasteiger partial charge in [0.05, 0.1) is 30.2 Å². The van der Waals surface area contributed by atoms with E-state index < -0.39 is 0 Å². The summed E-state index contributed by atoms with van der Waals surface area (Å²) in [4.78, 5) is 13.2. The van der Waals surface area contributed by atoms with E-state index in [4.69, 9.17) is 14.8 Å². The minimum atomic E-state index is 0.171. The highest BCUT2D eigenvalue weighted by molar-refractivity contribution is 6.01. The second-order valence-corrected chi connectivity index (χ2v) is 10.3. The second kappa shape index (κ2) is 10.2. The third kappa shape index (κ3) is 4.40. The van der Waals surface area contributed by atoms with Crippen LogP contribution in [0.2, 0.25) is 0 Å². The molecule has 0 amide bonds. The molecule has 7 heteroatoms. The summed E-state index contributed by atoms with van der Waals surface area (Å²) in [5, 5.41) is 11.8. The average Bonchev–Trinajstić information content (AvgIpc) is 3.62. The molecule has 3 aromatic heterocycles. The smallest absolute Gasteiger partial charge is 0.159 e. The summed E-state index contributed by atoms with van der Waals surface area (Å²) >= 11 is 0. The summed E-state index contributed by atoms with van der Waals surface area (Å²) in [7, 11) is 3.65. The summed E-state index contributed by atoms with van der Waals surface area (Å²) < 4.78 is 7.41. The summed E-state index contributed by atoms with van der Waals surface area (Å²) in [6.07, 6.45) is 3.85. The van der Waals surface area contributed by atoms with Crippen molar-refractivity contribution in [2.75, 3.05) is 14.2 Å². The Hall–Kier alpha value is -5.01. The van der Waals surface area contributed by atoms with Crippen LogP contribution in [-0.4, -0.2) is 38.9 Å². The topological polar surface area (TPSA) is 80.7 Å². The number of pyridine rings is 1. The zero-order valence-corrected chi connectivity index (χ0v) is 23.2. The lowest BCUT2D eigenvalue weighted by molar-refractivity contribution is 0.414. The van der Waals surface area contributed by atoms with Gasteiger partial charge in [0.1, 0.15) is 11.4 Å². The first-order chi connectivity index (χ1) is 20.1. The summed E-state index contributed by atoms with van der Waals surface area (Å²) in [6.45, 7) is 2.77. The average molecular weight is 539 g/mol. The molecule has 4 aromatic carbocycles. The molecule has 0 saturated carbocycles. The number of aromatic nitrogens is 5. The Morgan fingerprint density at radius 2 is 1.78 bits per heavy atom. The molecule has 0 radical (unpaired) electrons. The molecular formula is C34H30N6O. The van der Waals surface area contributed by atoms with E-state index in [2.05, 4.69) is 93.6 Å². The Bertz CT molecular complexity index is 2020. The first-order valence-corrected chi connectivity index (χ1v) is 13.8. The third-order valence-electron chi connectivity index (χ3n) is 7.89. The van der Waals surface area contributed by atoms with Crippen molar-refractivity contribution >= 4 is 32.7 Å². The van der Waals surface area contributed by atoms with Crippen molar-refractivity contribution in [2.45, 2.75) is 19.5 Å². The molecule has 0 spiro atoms. The number of hydrogen-bond donors (Lipinski definition) is 2. The molecule has 3 heterocycles. The van der Waals surface area contributed by atoms with E-state index in [0.717, 1.165) is 66.8 Å². The van der Waals surface area contributed by atoms with Crippen LogP contribution in [0.1, 0.15) is 24.1 Å². The van der Waals surface area contributed by atoms with Crippen LogP contribution in [0.25, 0.3) is 55.4 Å². The van der Waals surface area contributed by atoms with Gasteiger partial charge in [0.25, 0.3) is 0 Å². The van der Waals surface area contributed by atoms with Crippen LogP contribution in [0.4, 0.5) is 0 Å². The molecule has 41 heavy (non-hydrogen) atoms. The van der Waals surface area contributed by atoms with Gasteiger partial charge in [-0.2, -0.15) is 5.10 Å². The second-order valence-electron chi connectivity index (χ2n) is 10.3. The van der Waals surface area contributed by atoms with E-state index in [1.54, 1.807) is 7.11 Å². The Morgan fingerprint density at radius 1 is 0.927 bits per heavy atom. The van der Waals surface area contributed by atoms with Crippen molar-refractivity contribution in [3.63, 3.8) is 0 Å². The van der Waals surface area contributed by atoms with Gasteiger partial charge >= 0.3 is 0 Å². The molecule has 0 aliphatic rings. The van der Waals surface area contributed by atoms with Crippen LogP contribution in [-0.2, 0) is 6.54 Å². The number of nitrogens with one attached hydrogen (secondary N) is 2. The molecule has 0 aliphatic carbocycles. The van der Waals surface area contributed by atoms with Gasteiger partial charge in [0.2, 0.25) is 0 Å². The molecule has 202 valence electrons. The molecular weight excluding hydrogens is 508 g/mol. The number of imidazole rings is 1. The monoisotopic (exact) mass is 538 g/mol. The maximum Gasteiger partial charge on any atom is 0.159 e. The van der Waals surface area contributed by atoms with E-state index in [1.807, 2.05) is 37.6 Å². The zero-order valence-electron chi connectivity index (χ0n) is 23.2. The molecule has 7 aromatic rings. The Kier molecular flexibility index (Phi) is 6.21. The predicted molar refractivity (Wildman–Crippen MR) is 165 cm³/mol. The van der Waals surface area contributed by atoms with Crippen LogP contribution in [0.3, 0.4) is 0 Å². The normalized spacial score (nSPS) is 12.4. The van der Waals surface area contributed by atoms with Crippen LogP contribution in [0.15, 0.2) is 97.3 Å². The number of nitrogens with zero attached hydrogens (tertiary/aromatic N) is 4. The predicted octanol–water partition coefficient (Wildman–Crippen LogP) is 7.13. The van der Waals surface area contributed by atoms with E-state index in [1.165, 1.54) is 5.39 Å². The van der Waals surface area contributed by atoms with E-state index in [9.17, 15) is 0 Å². The number of H-pyrrole nitrogens is 1. The SMILES string of the molecule is CNC(C)c1cccc2[nH]c(-c3nn(Cc4ccc(OC)cc4)c4ccc(-c5cncc6ccccc56)cc34)nc12. The van der Waals surface area contributed by atoms with Gasteiger partial charge in [0, 0.05) is 34.8 Å². The number of para-hydroxylation sites is 1.